The molecular formula is C27H27N3O6S2. The minimum absolute atomic E-state index is 0.107. The smallest absolute Gasteiger partial charge is 0.262 e. The molecule has 0 aliphatic carbocycles. The molecule has 0 saturated carbocycles. The molecule has 11 heteroatoms. The van der Waals surface area contributed by atoms with Crippen molar-refractivity contribution in [3.63, 3.8) is 0 Å². The third kappa shape index (κ3) is 6.24. The van der Waals surface area contributed by atoms with Crippen molar-refractivity contribution >= 4 is 38.1 Å². The molecule has 0 radical (unpaired) electrons. The van der Waals surface area contributed by atoms with Crippen LogP contribution in [-0.2, 0) is 21.2 Å². The summed E-state index contributed by atoms with van der Waals surface area (Å²) >= 11 is 1.29. The van der Waals surface area contributed by atoms with Gasteiger partial charge in [-0.15, -0.1) is 0 Å². The summed E-state index contributed by atoms with van der Waals surface area (Å²) in [5.41, 5.74) is 2.44. The number of nitrogens with zero attached hydrogens (tertiary/aromatic N) is 1. The molecule has 3 aromatic carbocycles. The quantitative estimate of drug-likeness (QED) is 0.280. The van der Waals surface area contributed by atoms with E-state index >= 15 is 0 Å². The summed E-state index contributed by atoms with van der Waals surface area (Å²) in [6, 6.07) is 18.6. The van der Waals surface area contributed by atoms with Crippen LogP contribution >= 0.6 is 11.3 Å². The Labute approximate surface area is 225 Å². The number of thiazole rings is 1. The number of sulfonamides is 1. The van der Waals surface area contributed by atoms with Gasteiger partial charge in [0.25, 0.3) is 10.0 Å². The van der Waals surface area contributed by atoms with E-state index in [1.165, 1.54) is 30.6 Å². The SMILES string of the molecule is COc1cc(CC(=O)Nc2nc(C)c(-c3ccc(OC)c(NS(=O)(=O)c4ccccc4)c3)s2)cc(OC)c1. The largest absolute Gasteiger partial charge is 0.497 e. The van der Waals surface area contributed by atoms with Crippen molar-refractivity contribution in [2.75, 3.05) is 31.4 Å². The van der Waals surface area contributed by atoms with Crippen LogP contribution in [0.15, 0.2) is 71.6 Å². The van der Waals surface area contributed by atoms with Gasteiger partial charge in [-0.1, -0.05) is 29.5 Å². The molecule has 4 rings (SSSR count). The number of rotatable bonds is 10. The predicted molar refractivity (Wildman–Crippen MR) is 148 cm³/mol. The molecule has 0 fully saturated rings. The number of methoxy groups -OCH3 is 3. The highest BCUT2D eigenvalue weighted by molar-refractivity contribution is 7.92. The van der Waals surface area contributed by atoms with Crippen LogP contribution in [0.4, 0.5) is 10.8 Å². The number of amides is 1. The average molecular weight is 554 g/mol. The fourth-order valence-corrected chi connectivity index (χ4v) is 5.83. The Kier molecular flexibility index (Phi) is 8.18. The number of carbonyl (C=O) groups is 1. The maximum Gasteiger partial charge on any atom is 0.262 e. The number of anilines is 2. The number of nitrogens with one attached hydrogen (secondary N) is 2. The highest BCUT2D eigenvalue weighted by atomic mass is 32.2. The first-order chi connectivity index (χ1) is 18.2. The molecule has 0 atom stereocenters. The fourth-order valence-electron chi connectivity index (χ4n) is 3.77. The van der Waals surface area contributed by atoms with E-state index in [0.29, 0.717) is 33.8 Å². The normalized spacial score (nSPS) is 11.1. The third-order valence-electron chi connectivity index (χ3n) is 5.58. The van der Waals surface area contributed by atoms with Gasteiger partial charge >= 0.3 is 0 Å². The van der Waals surface area contributed by atoms with Gasteiger partial charge in [-0.2, -0.15) is 0 Å². The van der Waals surface area contributed by atoms with E-state index in [1.807, 2.05) is 13.0 Å². The van der Waals surface area contributed by atoms with E-state index < -0.39 is 10.0 Å². The molecule has 0 unspecified atom stereocenters. The zero-order valence-electron chi connectivity index (χ0n) is 21.3. The number of aryl methyl sites for hydroxylation is 1. The minimum Gasteiger partial charge on any atom is -0.497 e. The molecule has 1 aromatic heterocycles. The molecule has 0 aliphatic rings. The molecule has 1 amide bonds. The Balaban J connectivity index is 1.55. The van der Waals surface area contributed by atoms with Gasteiger partial charge in [-0.05, 0) is 60.5 Å². The van der Waals surface area contributed by atoms with Gasteiger partial charge in [0.1, 0.15) is 17.2 Å². The molecule has 38 heavy (non-hydrogen) atoms. The minimum atomic E-state index is -3.82. The van der Waals surface area contributed by atoms with Gasteiger partial charge in [-0.25, -0.2) is 13.4 Å². The van der Waals surface area contributed by atoms with E-state index in [2.05, 4.69) is 15.0 Å². The number of aromatic nitrogens is 1. The molecule has 0 bridgehead atoms. The first-order valence-electron chi connectivity index (χ1n) is 11.5. The second-order valence-electron chi connectivity index (χ2n) is 8.21. The lowest BCUT2D eigenvalue weighted by Crippen LogP contribution is -2.14. The van der Waals surface area contributed by atoms with E-state index in [1.54, 1.807) is 62.8 Å². The van der Waals surface area contributed by atoms with E-state index in [0.717, 1.165) is 16.0 Å². The molecule has 0 saturated heterocycles. The van der Waals surface area contributed by atoms with Crippen LogP contribution in [-0.4, -0.2) is 40.6 Å². The lowest BCUT2D eigenvalue weighted by atomic mass is 10.1. The van der Waals surface area contributed by atoms with Gasteiger partial charge < -0.3 is 19.5 Å². The summed E-state index contributed by atoms with van der Waals surface area (Å²) in [6.07, 6.45) is 0.107. The second kappa shape index (κ2) is 11.5. The predicted octanol–water partition coefficient (Wildman–Crippen LogP) is 5.13. The monoisotopic (exact) mass is 553 g/mol. The summed E-state index contributed by atoms with van der Waals surface area (Å²) in [5.74, 6) is 1.32. The third-order valence-corrected chi connectivity index (χ3v) is 8.08. The molecule has 2 N–H and O–H groups in total. The fraction of sp³-hybridized carbons (Fsp3) is 0.185. The Morgan fingerprint density at radius 3 is 2.24 bits per heavy atom. The van der Waals surface area contributed by atoms with Crippen LogP contribution < -0.4 is 24.2 Å². The van der Waals surface area contributed by atoms with Crippen molar-refractivity contribution in [1.82, 2.24) is 4.98 Å². The Morgan fingerprint density at radius 2 is 1.61 bits per heavy atom. The standard InChI is InChI=1S/C27H27N3O6S2/c1-17-26(37-27(28-17)29-25(31)14-18-12-20(34-2)16-21(13-18)35-3)19-10-11-24(36-4)23(15-19)30-38(32,33)22-8-6-5-7-9-22/h5-13,15-16,30H,14H2,1-4H3,(H,28,29,31). The van der Waals surface area contributed by atoms with Crippen LogP contribution in [0, 0.1) is 6.92 Å². The molecule has 0 aliphatic heterocycles. The Bertz CT molecular complexity index is 1530. The number of hydrogen-bond donors (Lipinski definition) is 2. The molecule has 198 valence electrons. The number of hydrogen-bond acceptors (Lipinski definition) is 8. The maximum atomic E-state index is 12.9. The first-order valence-corrected chi connectivity index (χ1v) is 13.8. The zero-order chi connectivity index (χ0) is 27.3. The Hall–Kier alpha value is -4.09. The molecular weight excluding hydrogens is 526 g/mol. The Morgan fingerprint density at radius 1 is 0.921 bits per heavy atom. The summed E-state index contributed by atoms with van der Waals surface area (Å²) in [5, 5.41) is 3.27. The highest BCUT2D eigenvalue weighted by Gasteiger charge is 2.19. The number of ether oxygens (including phenoxy) is 3. The molecule has 4 aromatic rings. The number of carbonyl (C=O) groups excluding carboxylic acids is 1. The topological polar surface area (TPSA) is 116 Å². The molecule has 1 heterocycles. The maximum absolute atomic E-state index is 12.9. The summed E-state index contributed by atoms with van der Waals surface area (Å²) in [7, 11) is 0.751. The van der Waals surface area contributed by atoms with E-state index in [-0.39, 0.29) is 17.2 Å². The summed E-state index contributed by atoms with van der Waals surface area (Å²) in [6.45, 7) is 1.83. The van der Waals surface area contributed by atoms with Crippen molar-refractivity contribution < 1.29 is 27.4 Å². The van der Waals surface area contributed by atoms with Crippen molar-refractivity contribution in [3.8, 4) is 27.7 Å². The van der Waals surface area contributed by atoms with Crippen LogP contribution in [0.5, 0.6) is 17.2 Å². The van der Waals surface area contributed by atoms with Gasteiger partial charge in [0.15, 0.2) is 5.13 Å². The highest BCUT2D eigenvalue weighted by Crippen LogP contribution is 2.37. The lowest BCUT2D eigenvalue weighted by molar-refractivity contribution is -0.115. The summed E-state index contributed by atoms with van der Waals surface area (Å²) in [4.78, 5) is 18.2. The zero-order valence-corrected chi connectivity index (χ0v) is 22.9. The van der Waals surface area contributed by atoms with Crippen molar-refractivity contribution in [2.45, 2.75) is 18.2 Å². The van der Waals surface area contributed by atoms with Crippen molar-refractivity contribution in [2.24, 2.45) is 0 Å². The van der Waals surface area contributed by atoms with Crippen LogP contribution in [0.25, 0.3) is 10.4 Å². The lowest BCUT2D eigenvalue weighted by Gasteiger charge is -2.13. The van der Waals surface area contributed by atoms with E-state index in [9.17, 15) is 13.2 Å². The van der Waals surface area contributed by atoms with Crippen LogP contribution in [0.1, 0.15) is 11.3 Å². The van der Waals surface area contributed by atoms with Gasteiger partial charge in [-0.3, -0.25) is 9.52 Å². The van der Waals surface area contributed by atoms with Crippen molar-refractivity contribution in [1.29, 1.82) is 0 Å². The van der Waals surface area contributed by atoms with Gasteiger partial charge in [0.05, 0.1) is 48.9 Å². The molecule has 9 nitrogen and oxygen atoms in total. The van der Waals surface area contributed by atoms with Crippen molar-refractivity contribution in [3.05, 3.63) is 78.0 Å². The summed E-state index contributed by atoms with van der Waals surface area (Å²) < 4.78 is 44.3. The average Bonchev–Trinajstić information content (AvgIpc) is 3.27. The van der Waals surface area contributed by atoms with E-state index in [4.69, 9.17) is 14.2 Å². The van der Waals surface area contributed by atoms with Crippen LogP contribution in [0.3, 0.4) is 0 Å². The van der Waals surface area contributed by atoms with Gasteiger partial charge in [0, 0.05) is 6.07 Å². The van der Waals surface area contributed by atoms with Crippen LogP contribution in [0.2, 0.25) is 0 Å². The number of benzene rings is 3. The first kappa shape index (κ1) is 27.0. The van der Waals surface area contributed by atoms with Gasteiger partial charge in [0.2, 0.25) is 5.91 Å². The second-order valence-corrected chi connectivity index (χ2v) is 10.9. The molecule has 0 spiro atoms.